The summed E-state index contributed by atoms with van der Waals surface area (Å²) in [5, 5.41) is 18.3. The first-order valence-electron chi connectivity index (χ1n) is 4.51. The van der Waals surface area contributed by atoms with Gasteiger partial charge < -0.3 is 31.2 Å². The quantitative estimate of drug-likeness (QED) is 0.334. The second-order valence-electron chi connectivity index (χ2n) is 3.04. The zero-order chi connectivity index (χ0) is 14.3. The maximum Gasteiger partial charge on any atom is 0.338 e. The molecule has 102 valence electrons. The molecule has 0 aliphatic carbocycles. The molecule has 2 atom stereocenters. The Hall–Kier alpha value is -2.20. The van der Waals surface area contributed by atoms with Crippen molar-refractivity contribution in [3.05, 3.63) is 0 Å². The van der Waals surface area contributed by atoms with Crippen molar-refractivity contribution < 1.29 is 38.9 Å². The number of hydrogen-bond donors (Lipinski definition) is 4. The van der Waals surface area contributed by atoms with Crippen molar-refractivity contribution in [3.63, 3.8) is 0 Å². The highest BCUT2D eigenvalue weighted by Gasteiger charge is 2.33. The van der Waals surface area contributed by atoms with Gasteiger partial charge in [0.1, 0.15) is 0 Å². The summed E-state index contributed by atoms with van der Waals surface area (Å²) < 4.78 is 8.28. The normalized spacial score (nSPS) is 13.2. The van der Waals surface area contributed by atoms with Gasteiger partial charge >= 0.3 is 11.9 Å². The fourth-order valence-corrected chi connectivity index (χ4v) is 0.713. The number of ether oxygens (including phenoxy) is 2. The second-order valence-corrected chi connectivity index (χ2v) is 3.04. The SMILES string of the molecule is NC(=O)COC(=O)C(O)C(O)C(=O)OCC(N)=O. The first-order valence-corrected chi connectivity index (χ1v) is 4.51. The van der Waals surface area contributed by atoms with Crippen molar-refractivity contribution in [2.75, 3.05) is 13.2 Å². The standard InChI is InChI=1S/C8H12N2O8/c9-3(11)1-17-7(15)5(13)6(14)8(16)18-2-4(10)12/h5-6,13-14H,1-2H2,(H2,9,11)(H2,10,12). The molecule has 18 heavy (non-hydrogen) atoms. The molecule has 10 nitrogen and oxygen atoms in total. The molecule has 0 rings (SSSR count). The van der Waals surface area contributed by atoms with Crippen LogP contribution in [-0.4, -0.2) is 59.4 Å². The number of rotatable bonds is 7. The van der Waals surface area contributed by atoms with E-state index in [2.05, 4.69) is 20.9 Å². The Kier molecular flexibility index (Phi) is 6.31. The zero-order valence-corrected chi connectivity index (χ0v) is 9.07. The van der Waals surface area contributed by atoms with Gasteiger partial charge in [-0.1, -0.05) is 0 Å². The van der Waals surface area contributed by atoms with Crippen LogP contribution in [0.4, 0.5) is 0 Å². The lowest BCUT2D eigenvalue weighted by Crippen LogP contribution is -2.43. The lowest BCUT2D eigenvalue weighted by Gasteiger charge is -2.14. The van der Waals surface area contributed by atoms with Gasteiger partial charge in [0.2, 0.25) is 0 Å². The average molecular weight is 264 g/mol. The van der Waals surface area contributed by atoms with Crippen LogP contribution in [0.5, 0.6) is 0 Å². The molecule has 2 unspecified atom stereocenters. The van der Waals surface area contributed by atoms with Crippen molar-refractivity contribution in [3.8, 4) is 0 Å². The van der Waals surface area contributed by atoms with Crippen LogP contribution in [0.15, 0.2) is 0 Å². The molecular formula is C8H12N2O8. The van der Waals surface area contributed by atoms with Crippen molar-refractivity contribution in [1.29, 1.82) is 0 Å². The Labute approximate surface area is 100 Å². The summed E-state index contributed by atoms with van der Waals surface area (Å²) in [5.41, 5.74) is 9.31. The molecule has 0 saturated heterocycles. The van der Waals surface area contributed by atoms with E-state index in [9.17, 15) is 19.2 Å². The minimum Gasteiger partial charge on any atom is -0.454 e. The van der Waals surface area contributed by atoms with E-state index in [0.29, 0.717) is 0 Å². The number of nitrogens with two attached hydrogens (primary N) is 2. The lowest BCUT2D eigenvalue weighted by molar-refractivity contribution is -0.174. The number of primary amides is 2. The van der Waals surface area contributed by atoms with Crippen molar-refractivity contribution in [2.45, 2.75) is 12.2 Å². The van der Waals surface area contributed by atoms with Crippen LogP contribution >= 0.6 is 0 Å². The van der Waals surface area contributed by atoms with Gasteiger partial charge in [0.25, 0.3) is 11.8 Å². The van der Waals surface area contributed by atoms with E-state index in [4.69, 9.17) is 10.2 Å². The third-order valence-corrected chi connectivity index (χ3v) is 1.50. The summed E-state index contributed by atoms with van der Waals surface area (Å²) in [6, 6.07) is 0. The summed E-state index contributed by atoms with van der Waals surface area (Å²) in [6.07, 6.45) is -4.55. The maximum absolute atomic E-state index is 11.0. The first-order chi connectivity index (χ1) is 8.25. The van der Waals surface area contributed by atoms with Crippen LogP contribution in [0, 0.1) is 0 Å². The summed E-state index contributed by atoms with van der Waals surface area (Å²) in [7, 11) is 0. The molecular weight excluding hydrogens is 252 g/mol. The molecule has 10 heteroatoms. The topological polar surface area (TPSA) is 179 Å². The molecule has 0 heterocycles. The maximum atomic E-state index is 11.0. The van der Waals surface area contributed by atoms with Crippen molar-refractivity contribution in [2.24, 2.45) is 11.5 Å². The molecule has 0 aliphatic heterocycles. The fourth-order valence-electron chi connectivity index (χ4n) is 0.713. The Morgan fingerprint density at radius 1 is 0.833 bits per heavy atom. The highest BCUT2D eigenvalue weighted by Crippen LogP contribution is 1.99. The van der Waals surface area contributed by atoms with Crippen LogP contribution in [0.2, 0.25) is 0 Å². The van der Waals surface area contributed by atoms with Gasteiger partial charge in [-0.15, -0.1) is 0 Å². The molecule has 0 aromatic rings. The van der Waals surface area contributed by atoms with Gasteiger partial charge in [0.05, 0.1) is 0 Å². The highest BCUT2D eigenvalue weighted by molar-refractivity contribution is 5.87. The van der Waals surface area contributed by atoms with Crippen LogP contribution in [0.25, 0.3) is 0 Å². The summed E-state index contributed by atoms with van der Waals surface area (Å²) in [6.45, 7) is -1.64. The van der Waals surface area contributed by atoms with Crippen LogP contribution in [0.1, 0.15) is 0 Å². The molecule has 0 spiro atoms. The molecule has 0 fully saturated rings. The highest BCUT2D eigenvalue weighted by atomic mass is 16.6. The fraction of sp³-hybridized carbons (Fsp3) is 0.500. The number of carbonyl (C=O) groups excluding carboxylic acids is 4. The Morgan fingerprint density at radius 3 is 1.33 bits per heavy atom. The molecule has 0 aliphatic rings. The van der Waals surface area contributed by atoms with Gasteiger partial charge in [0.15, 0.2) is 25.4 Å². The van der Waals surface area contributed by atoms with E-state index in [1.165, 1.54) is 0 Å². The molecule has 6 N–H and O–H groups in total. The number of aliphatic hydroxyl groups excluding tert-OH is 2. The monoisotopic (exact) mass is 264 g/mol. The smallest absolute Gasteiger partial charge is 0.338 e. The number of hydrogen-bond acceptors (Lipinski definition) is 8. The average Bonchev–Trinajstić information content (AvgIpc) is 2.30. The van der Waals surface area contributed by atoms with Crippen molar-refractivity contribution >= 4 is 23.8 Å². The van der Waals surface area contributed by atoms with Gasteiger partial charge in [-0.25, -0.2) is 9.59 Å². The zero-order valence-electron chi connectivity index (χ0n) is 9.07. The van der Waals surface area contributed by atoms with E-state index in [0.717, 1.165) is 0 Å². The molecule has 2 amide bonds. The predicted molar refractivity (Wildman–Crippen MR) is 52.3 cm³/mol. The van der Waals surface area contributed by atoms with Gasteiger partial charge in [-0.2, -0.15) is 0 Å². The van der Waals surface area contributed by atoms with Crippen LogP contribution < -0.4 is 11.5 Å². The van der Waals surface area contributed by atoms with Crippen LogP contribution in [0.3, 0.4) is 0 Å². The molecule has 0 bridgehead atoms. The minimum absolute atomic E-state index is 0.820. The molecule has 0 saturated carbocycles. The molecule has 0 aromatic carbocycles. The third kappa shape index (κ3) is 5.77. The summed E-state index contributed by atoms with van der Waals surface area (Å²) in [5.74, 6) is -4.86. The Balaban J connectivity index is 4.26. The van der Waals surface area contributed by atoms with E-state index in [1.54, 1.807) is 0 Å². The number of carbonyl (C=O) groups is 4. The van der Waals surface area contributed by atoms with Crippen molar-refractivity contribution in [1.82, 2.24) is 0 Å². The predicted octanol–water partition coefficient (Wildman–Crippen LogP) is -4.23. The number of esters is 2. The third-order valence-electron chi connectivity index (χ3n) is 1.50. The first kappa shape index (κ1) is 15.8. The number of amides is 2. The summed E-state index contributed by atoms with van der Waals surface area (Å²) in [4.78, 5) is 42.5. The second kappa shape index (κ2) is 7.19. The largest absolute Gasteiger partial charge is 0.454 e. The van der Waals surface area contributed by atoms with E-state index in [-0.39, 0.29) is 0 Å². The van der Waals surface area contributed by atoms with E-state index < -0.39 is 49.2 Å². The van der Waals surface area contributed by atoms with Crippen LogP contribution in [-0.2, 0) is 28.7 Å². The molecule has 0 radical (unpaired) electrons. The minimum atomic E-state index is -2.27. The molecule has 0 aromatic heterocycles. The Morgan fingerprint density at radius 2 is 1.11 bits per heavy atom. The van der Waals surface area contributed by atoms with Gasteiger partial charge in [-0.05, 0) is 0 Å². The Bertz CT molecular complexity index is 321. The van der Waals surface area contributed by atoms with Gasteiger partial charge in [0, 0.05) is 0 Å². The van der Waals surface area contributed by atoms with Gasteiger partial charge in [-0.3, -0.25) is 9.59 Å². The number of aliphatic hydroxyl groups is 2. The van der Waals surface area contributed by atoms with E-state index in [1.807, 2.05) is 0 Å². The lowest BCUT2D eigenvalue weighted by atomic mass is 10.2. The van der Waals surface area contributed by atoms with E-state index >= 15 is 0 Å². The summed E-state index contributed by atoms with van der Waals surface area (Å²) >= 11 is 0.